The lowest BCUT2D eigenvalue weighted by atomic mass is 10.2. The first-order valence-electron chi connectivity index (χ1n) is 8.03. The van der Waals surface area contributed by atoms with Crippen LogP contribution in [0.3, 0.4) is 0 Å². The zero-order valence-electron chi connectivity index (χ0n) is 14.2. The summed E-state index contributed by atoms with van der Waals surface area (Å²) < 4.78 is 31.0. The van der Waals surface area contributed by atoms with Crippen LogP contribution < -0.4 is 16.2 Å². The van der Waals surface area contributed by atoms with Crippen molar-refractivity contribution in [2.45, 2.75) is 22.5 Å². The number of nitrogens with two attached hydrogens (primary N) is 2. The molecule has 2 aromatic carbocycles. The summed E-state index contributed by atoms with van der Waals surface area (Å²) in [6.07, 6.45) is 1.39. The molecule has 3 rings (SSSR count). The van der Waals surface area contributed by atoms with Crippen molar-refractivity contribution in [1.82, 2.24) is 9.97 Å². The van der Waals surface area contributed by atoms with E-state index in [0.717, 1.165) is 0 Å². The van der Waals surface area contributed by atoms with Gasteiger partial charge < -0.3 is 21.2 Å². The monoisotopic (exact) mass is 386 g/mol. The van der Waals surface area contributed by atoms with E-state index in [4.69, 9.17) is 16.2 Å². The molecule has 0 aliphatic rings. The molecule has 0 radical (unpaired) electrons. The Labute approximate surface area is 156 Å². The standard InChI is InChI=1S/C18H18N4O4S/c19-16(17(20)23)10-12-11-21-18(22-12)27(24,25)15-8-6-14(7-9-15)26-13-4-2-1-3-5-13/h1-9,11,16H,10,19H2,(H2,20,23)(H,21,22)/t16-/m1/s1. The summed E-state index contributed by atoms with van der Waals surface area (Å²) in [7, 11) is -3.84. The van der Waals surface area contributed by atoms with Crippen LogP contribution in [-0.2, 0) is 21.1 Å². The first-order valence-corrected chi connectivity index (χ1v) is 9.51. The molecule has 8 nitrogen and oxygen atoms in total. The second-order valence-electron chi connectivity index (χ2n) is 5.82. The van der Waals surface area contributed by atoms with Crippen molar-refractivity contribution in [2.24, 2.45) is 11.5 Å². The highest BCUT2D eigenvalue weighted by Crippen LogP contribution is 2.25. The fourth-order valence-electron chi connectivity index (χ4n) is 2.34. The molecule has 0 aliphatic heterocycles. The minimum absolute atomic E-state index is 0.0583. The average Bonchev–Trinajstić information content (AvgIpc) is 3.12. The van der Waals surface area contributed by atoms with Gasteiger partial charge in [0.1, 0.15) is 11.5 Å². The molecule has 0 spiro atoms. The molecule has 1 atom stereocenters. The van der Waals surface area contributed by atoms with E-state index in [9.17, 15) is 13.2 Å². The number of hydrogen-bond donors (Lipinski definition) is 3. The summed E-state index contributed by atoms with van der Waals surface area (Å²) in [6, 6.07) is 14.2. The summed E-state index contributed by atoms with van der Waals surface area (Å²) in [6.45, 7) is 0. The van der Waals surface area contributed by atoms with Crippen molar-refractivity contribution in [3.8, 4) is 11.5 Å². The van der Waals surface area contributed by atoms with E-state index in [0.29, 0.717) is 17.2 Å². The molecule has 5 N–H and O–H groups in total. The van der Waals surface area contributed by atoms with E-state index in [1.165, 1.54) is 18.3 Å². The van der Waals surface area contributed by atoms with Crippen molar-refractivity contribution in [2.75, 3.05) is 0 Å². The van der Waals surface area contributed by atoms with E-state index in [2.05, 4.69) is 9.97 Å². The number of H-pyrrole nitrogens is 1. The van der Waals surface area contributed by atoms with E-state index in [-0.39, 0.29) is 16.5 Å². The number of aromatic amines is 1. The van der Waals surface area contributed by atoms with Gasteiger partial charge in [0.2, 0.25) is 20.9 Å². The Morgan fingerprint density at radius 1 is 1.07 bits per heavy atom. The summed E-state index contributed by atoms with van der Waals surface area (Å²) in [5.74, 6) is 0.477. The number of primary amides is 1. The van der Waals surface area contributed by atoms with Crippen molar-refractivity contribution in [3.05, 3.63) is 66.5 Å². The third-order valence-corrected chi connectivity index (χ3v) is 5.39. The summed E-state index contributed by atoms with van der Waals surface area (Å²) in [5, 5.41) is -0.231. The number of ether oxygens (including phenoxy) is 1. The summed E-state index contributed by atoms with van der Waals surface area (Å²) >= 11 is 0. The van der Waals surface area contributed by atoms with Gasteiger partial charge in [-0.25, -0.2) is 13.4 Å². The Bertz CT molecular complexity index is 1030. The van der Waals surface area contributed by atoms with Gasteiger partial charge in [0.05, 0.1) is 10.9 Å². The number of nitrogens with zero attached hydrogens (tertiary/aromatic N) is 1. The van der Waals surface area contributed by atoms with E-state index >= 15 is 0 Å². The molecule has 0 fully saturated rings. The molecule has 0 unspecified atom stereocenters. The lowest BCUT2D eigenvalue weighted by Gasteiger charge is -2.07. The number of carbonyl (C=O) groups is 1. The van der Waals surface area contributed by atoms with Gasteiger partial charge in [-0.05, 0) is 36.4 Å². The maximum atomic E-state index is 12.7. The second-order valence-corrected chi connectivity index (χ2v) is 7.68. The number of benzene rings is 2. The van der Waals surface area contributed by atoms with Crippen LogP contribution in [0.25, 0.3) is 0 Å². The number of amides is 1. The SMILES string of the molecule is NC(=O)[C@H](N)Cc1cnc(S(=O)(=O)c2ccc(Oc3ccccc3)cc2)[nH]1. The summed E-state index contributed by atoms with van der Waals surface area (Å²) in [5.41, 5.74) is 11.1. The molecule has 0 aliphatic carbocycles. The fourth-order valence-corrected chi connectivity index (χ4v) is 3.51. The second kappa shape index (κ2) is 7.60. The molecule has 140 valence electrons. The Balaban J connectivity index is 1.77. The van der Waals surface area contributed by atoms with Crippen molar-refractivity contribution in [1.29, 1.82) is 0 Å². The highest BCUT2D eigenvalue weighted by atomic mass is 32.2. The third kappa shape index (κ3) is 4.33. The Morgan fingerprint density at radius 2 is 1.70 bits per heavy atom. The molecule has 0 saturated carbocycles. The van der Waals surface area contributed by atoms with Gasteiger partial charge in [0.15, 0.2) is 0 Å². The molecule has 3 aromatic rings. The van der Waals surface area contributed by atoms with Crippen LogP contribution in [-0.4, -0.2) is 30.3 Å². The highest BCUT2D eigenvalue weighted by Gasteiger charge is 2.22. The van der Waals surface area contributed by atoms with Gasteiger partial charge in [-0.3, -0.25) is 4.79 Å². The van der Waals surface area contributed by atoms with E-state index in [1.807, 2.05) is 18.2 Å². The number of para-hydroxylation sites is 1. The molecule has 1 heterocycles. The predicted molar refractivity (Wildman–Crippen MR) is 97.9 cm³/mol. The van der Waals surface area contributed by atoms with Crippen molar-refractivity contribution >= 4 is 15.7 Å². The Hall–Kier alpha value is -3.17. The number of carbonyl (C=O) groups excluding carboxylic acids is 1. The van der Waals surface area contributed by atoms with Crippen LogP contribution >= 0.6 is 0 Å². The first kappa shape index (κ1) is 18.6. The lowest BCUT2D eigenvalue weighted by molar-refractivity contribution is -0.119. The van der Waals surface area contributed by atoms with Crippen LogP contribution in [0.4, 0.5) is 0 Å². The van der Waals surface area contributed by atoms with Crippen LogP contribution in [0.2, 0.25) is 0 Å². The maximum Gasteiger partial charge on any atom is 0.239 e. The minimum atomic E-state index is -3.84. The quantitative estimate of drug-likeness (QED) is 0.560. The smallest absolute Gasteiger partial charge is 0.239 e. The zero-order chi connectivity index (χ0) is 19.4. The largest absolute Gasteiger partial charge is 0.457 e. The molecular formula is C18H18N4O4S. The van der Waals surface area contributed by atoms with Crippen molar-refractivity contribution in [3.63, 3.8) is 0 Å². The van der Waals surface area contributed by atoms with Crippen LogP contribution in [0, 0.1) is 0 Å². The first-order chi connectivity index (χ1) is 12.9. The van der Waals surface area contributed by atoms with Crippen LogP contribution in [0.15, 0.2) is 70.8 Å². The topological polar surface area (TPSA) is 141 Å². The van der Waals surface area contributed by atoms with Crippen LogP contribution in [0.1, 0.15) is 5.69 Å². The number of sulfone groups is 1. The van der Waals surface area contributed by atoms with E-state index < -0.39 is 21.8 Å². The number of hydrogen-bond acceptors (Lipinski definition) is 6. The number of rotatable bonds is 7. The minimum Gasteiger partial charge on any atom is -0.457 e. The Kier molecular flexibility index (Phi) is 5.24. The van der Waals surface area contributed by atoms with Gasteiger partial charge >= 0.3 is 0 Å². The van der Waals surface area contributed by atoms with Gasteiger partial charge in [0, 0.05) is 18.3 Å². The molecule has 9 heteroatoms. The van der Waals surface area contributed by atoms with Crippen LogP contribution in [0.5, 0.6) is 11.5 Å². The molecule has 0 bridgehead atoms. The van der Waals surface area contributed by atoms with Crippen molar-refractivity contribution < 1.29 is 17.9 Å². The molecule has 1 amide bonds. The maximum absolute atomic E-state index is 12.7. The van der Waals surface area contributed by atoms with Gasteiger partial charge in [-0.2, -0.15) is 0 Å². The highest BCUT2D eigenvalue weighted by molar-refractivity contribution is 7.91. The van der Waals surface area contributed by atoms with Gasteiger partial charge in [-0.1, -0.05) is 18.2 Å². The van der Waals surface area contributed by atoms with Gasteiger partial charge in [-0.15, -0.1) is 0 Å². The van der Waals surface area contributed by atoms with Gasteiger partial charge in [0.25, 0.3) is 0 Å². The third-order valence-electron chi connectivity index (χ3n) is 3.78. The molecule has 27 heavy (non-hydrogen) atoms. The molecule has 1 aromatic heterocycles. The fraction of sp³-hybridized carbons (Fsp3) is 0.111. The molecule has 0 saturated heterocycles. The molecular weight excluding hydrogens is 368 g/mol. The average molecular weight is 386 g/mol. The number of imidazole rings is 1. The lowest BCUT2D eigenvalue weighted by Crippen LogP contribution is -2.38. The summed E-state index contributed by atoms with van der Waals surface area (Å²) in [4.78, 5) is 17.6. The normalized spacial score (nSPS) is 12.5. The zero-order valence-corrected chi connectivity index (χ0v) is 15.0. The number of aromatic nitrogens is 2. The Morgan fingerprint density at radius 3 is 2.33 bits per heavy atom. The predicted octanol–water partition coefficient (Wildman–Crippen LogP) is 1.39. The number of nitrogens with one attached hydrogen (secondary N) is 1. The van der Waals surface area contributed by atoms with E-state index in [1.54, 1.807) is 24.3 Å².